The molecule has 6 aliphatic rings. The van der Waals surface area contributed by atoms with Crippen LogP contribution in [0.4, 0.5) is 0 Å². The molecule has 13 heteroatoms. The third-order valence-corrected chi connectivity index (χ3v) is 14.2. The second-order valence-corrected chi connectivity index (χ2v) is 17.7. The number of esters is 1. The highest BCUT2D eigenvalue weighted by atomic mass is 79.9. The maximum atomic E-state index is 14.7. The molecule has 3 saturated heterocycles. The van der Waals surface area contributed by atoms with E-state index in [1.54, 1.807) is 21.3 Å². The molecule has 0 spiro atoms. The molecule has 0 aromatic heterocycles. The molecular weight excluding hydrogens is 762 g/mol. The first-order valence-electron chi connectivity index (χ1n) is 20.2. The molecular formula is C41H64BrNO11. The number of rotatable bonds is 9. The lowest BCUT2D eigenvalue weighted by atomic mass is 9.70. The summed E-state index contributed by atoms with van der Waals surface area (Å²) in [6.45, 7) is 7.93. The van der Waals surface area contributed by atoms with Gasteiger partial charge in [0.1, 0.15) is 30.5 Å². The fraction of sp³-hybridized carbons (Fsp3) is 0.854. The second-order valence-electron chi connectivity index (χ2n) is 16.8. The second kappa shape index (κ2) is 18.1. The zero-order chi connectivity index (χ0) is 39.0. The maximum absolute atomic E-state index is 14.7. The van der Waals surface area contributed by atoms with Crippen molar-refractivity contribution >= 4 is 27.7 Å². The minimum atomic E-state index is -0.830. The number of aliphatic hydroxyl groups is 1. The van der Waals surface area contributed by atoms with Crippen molar-refractivity contribution in [1.29, 1.82) is 0 Å². The van der Waals surface area contributed by atoms with Crippen LogP contribution in [0.3, 0.4) is 0 Å². The van der Waals surface area contributed by atoms with Gasteiger partial charge in [-0.1, -0.05) is 41.9 Å². The van der Waals surface area contributed by atoms with Gasteiger partial charge in [-0.15, -0.1) is 0 Å². The Hall–Kier alpha value is -1.26. The van der Waals surface area contributed by atoms with Crippen molar-refractivity contribution in [2.45, 2.75) is 153 Å². The molecule has 1 N–H and O–H groups in total. The fourth-order valence-corrected chi connectivity index (χ4v) is 11.2. The first kappa shape index (κ1) is 42.3. The van der Waals surface area contributed by atoms with Gasteiger partial charge in [0.05, 0.1) is 30.8 Å². The fourth-order valence-electron chi connectivity index (χ4n) is 10.4. The summed E-state index contributed by atoms with van der Waals surface area (Å²) in [7, 11) is 8.90. The van der Waals surface area contributed by atoms with E-state index in [2.05, 4.69) is 33.0 Å². The summed E-state index contributed by atoms with van der Waals surface area (Å²) in [6.07, 6.45) is 4.68. The highest BCUT2D eigenvalue weighted by Crippen LogP contribution is 2.57. The molecule has 0 aromatic rings. The van der Waals surface area contributed by atoms with Crippen LogP contribution in [-0.2, 0) is 47.5 Å². The minimum absolute atomic E-state index is 0.0120. The number of Topliss-reactive ketones (excluding diaryl/α,β-unsaturated/α-hetero) is 1. The van der Waals surface area contributed by atoms with E-state index in [4.69, 9.17) is 37.9 Å². The summed E-state index contributed by atoms with van der Waals surface area (Å²) in [5, 5.41) is 11.1. The number of fused-ring (bicyclic) bond motifs is 5. The zero-order valence-corrected chi connectivity index (χ0v) is 35.1. The van der Waals surface area contributed by atoms with Gasteiger partial charge in [-0.25, -0.2) is 0 Å². The van der Waals surface area contributed by atoms with Crippen molar-refractivity contribution in [3.63, 3.8) is 0 Å². The SMILES string of the molecule is CC[C@H]1CCC[C@H](OC2OC(C)C(N(C)C)CC2O)[C@@H](C)C(=O)C2=C[C@@H]3[C@@H](C=C(Br)[C@@H]4C[C@@H](OC5OC(C)C(OC)C(OC)C5OC)C[C@@H]34)[C@@H]2CC(=O)O1. The van der Waals surface area contributed by atoms with Crippen LogP contribution < -0.4 is 0 Å². The minimum Gasteiger partial charge on any atom is -0.462 e. The third-order valence-electron chi connectivity index (χ3n) is 13.4. The van der Waals surface area contributed by atoms with E-state index in [0.29, 0.717) is 37.7 Å². The smallest absolute Gasteiger partial charge is 0.306 e. The number of likely N-dealkylation sites (N-methyl/N-ethyl adjacent to an activating group) is 1. The number of carbonyl (C=O) groups is 2. The lowest BCUT2D eigenvalue weighted by molar-refractivity contribution is -0.314. The van der Waals surface area contributed by atoms with E-state index < -0.39 is 36.8 Å². The number of ketones is 1. The van der Waals surface area contributed by atoms with Crippen molar-refractivity contribution in [3.05, 3.63) is 22.2 Å². The van der Waals surface area contributed by atoms with Crippen LogP contribution in [0.1, 0.15) is 79.1 Å². The van der Waals surface area contributed by atoms with Crippen molar-refractivity contribution in [2.24, 2.45) is 35.5 Å². The molecule has 0 amide bonds. The van der Waals surface area contributed by atoms with E-state index in [-0.39, 0.29) is 90.4 Å². The van der Waals surface area contributed by atoms with Crippen molar-refractivity contribution in [3.8, 4) is 0 Å². The average molecular weight is 827 g/mol. The molecule has 1 saturated carbocycles. The number of ether oxygens (including phenoxy) is 8. The lowest BCUT2D eigenvalue weighted by Crippen LogP contribution is -2.59. The normalized spacial score (nSPS) is 46.1. The first-order valence-corrected chi connectivity index (χ1v) is 21.0. The van der Waals surface area contributed by atoms with Gasteiger partial charge >= 0.3 is 5.97 Å². The molecule has 9 unspecified atom stereocenters. The molecule has 3 aliphatic carbocycles. The van der Waals surface area contributed by atoms with Gasteiger partial charge in [0.15, 0.2) is 18.4 Å². The molecule has 0 aromatic carbocycles. The number of nitrogens with zero attached hydrogens (tertiary/aromatic N) is 1. The maximum Gasteiger partial charge on any atom is 0.306 e. The van der Waals surface area contributed by atoms with E-state index in [9.17, 15) is 14.7 Å². The van der Waals surface area contributed by atoms with Crippen LogP contribution in [0, 0.1) is 35.5 Å². The summed E-state index contributed by atoms with van der Waals surface area (Å²) >= 11 is 3.94. The van der Waals surface area contributed by atoms with Crippen LogP contribution >= 0.6 is 15.9 Å². The van der Waals surface area contributed by atoms with Crippen molar-refractivity contribution in [2.75, 3.05) is 35.4 Å². The number of hydrogen-bond acceptors (Lipinski definition) is 12. The molecule has 0 radical (unpaired) electrons. The Labute approximate surface area is 330 Å². The lowest BCUT2D eigenvalue weighted by Gasteiger charge is -2.44. The van der Waals surface area contributed by atoms with E-state index >= 15 is 0 Å². The molecule has 3 aliphatic heterocycles. The largest absolute Gasteiger partial charge is 0.462 e. The molecule has 54 heavy (non-hydrogen) atoms. The number of aliphatic hydroxyl groups excluding tert-OH is 1. The quantitative estimate of drug-likeness (QED) is 0.308. The van der Waals surface area contributed by atoms with Gasteiger partial charge in [0.25, 0.3) is 0 Å². The number of methoxy groups -OCH3 is 3. The van der Waals surface area contributed by atoms with Gasteiger partial charge < -0.3 is 47.9 Å². The van der Waals surface area contributed by atoms with Gasteiger partial charge in [-0.05, 0) is 107 Å². The van der Waals surface area contributed by atoms with Crippen LogP contribution in [0.2, 0.25) is 0 Å². The number of allylic oxidation sites excluding steroid dienone is 4. The first-order chi connectivity index (χ1) is 25.8. The van der Waals surface area contributed by atoms with Gasteiger partial charge in [0.2, 0.25) is 0 Å². The monoisotopic (exact) mass is 825 g/mol. The summed E-state index contributed by atoms with van der Waals surface area (Å²) in [6, 6.07) is 0.0604. The Balaban J connectivity index is 1.24. The molecule has 18 atom stereocenters. The Morgan fingerprint density at radius 2 is 1.56 bits per heavy atom. The molecule has 306 valence electrons. The number of hydrogen-bond donors (Lipinski definition) is 1. The molecule has 0 bridgehead atoms. The van der Waals surface area contributed by atoms with E-state index in [1.807, 2.05) is 41.8 Å². The Bertz CT molecular complexity index is 1380. The molecule has 12 nitrogen and oxygen atoms in total. The molecule has 4 fully saturated rings. The summed E-state index contributed by atoms with van der Waals surface area (Å²) in [4.78, 5) is 30.4. The highest BCUT2D eigenvalue weighted by Gasteiger charge is 2.54. The number of halogens is 1. The van der Waals surface area contributed by atoms with Crippen molar-refractivity contribution in [1.82, 2.24) is 4.90 Å². The van der Waals surface area contributed by atoms with Crippen LogP contribution in [0.5, 0.6) is 0 Å². The Kier molecular flexibility index (Phi) is 14.2. The van der Waals surface area contributed by atoms with Gasteiger partial charge in [-0.2, -0.15) is 0 Å². The summed E-state index contributed by atoms with van der Waals surface area (Å²) in [5.41, 5.74) is 0.682. The van der Waals surface area contributed by atoms with Crippen LogP contribution in [0.25, 0.3) is 0 Å². The topological polar surface area (TPSA) is 131 Å². The summed E-state index contributed by atoms with van der Waals surface area (Å²) < 4.78 is 50.4. The Morgan fingerprint density at radius 3 is 2.22 bits per heavy atom. The Morgan fingerprint density at radius 1 is 0.852 bits per heavy atom. The summed E-state index contributed by atoms with van der Waals surface area (Å²) in [5.74, 6) is -0.723. The average Bonchev–Trinajstić information content (AvgIpc) is 3.72. The van der Waals surface area contributed by atoms with E-state index in [1.165, 1.54) is 0 Å². The predicted molar refractivity (Wildman–Crippen MR) is 203 cm³/mol. The highest BCUT2D eigenvalue weighted by molar-refractivity contribution is 9.11. The van der Waals surface area contributed by atoms with Crippen LogP contribution in [-0.4, -0.2) is 131 Å². The predicted octanol–water partition coefficient (Wildman–Crippen LogP) is 5.18. The standard InChI is InChI=1S/C41H64BrNO11/c1-10-23-12-11-13-34(54-40-33(44)19-32(43(5)6)21(3)50-40)20(2)36(46)30-16-26-25-14-24(15-29(25)31(42)17-27(26)28(30)18-35(45)52-23)53-41-39(49-9)38(48-8)37(47-7)22(4)51-41/h16-17,20-29,32-34,37-41,44H,10-15,18-19H2,1-9H3/t20-,21?,22?,23+,24+,25+,26+,27-,28+,29-,32?,33?,34+,37?,38?,39?,40?,41?/m1/s1. The molecule has 6 rings (SSSR count). The third kappa shape index (κ3) is 8.61. The van der Waals surface area contributed by atoms with Gasteiger partial charge in [-0.3, -0.25) is 9.59 Å². The number of carbonyl (C=O) groups excluding carboxylic acids is 2. The van der Waals surface area contributed by atoms with Crippen LogP contribution in [0.15, 0.2) is 22.2 Å². The molecule has 3 heterocycles. The van der Waals surface area contributed by atoms with Crippen molar-refractivity contribution < 1.29 is 52.6 Å². The zero-order valence-electron chi connectivity index (χ0n) is 33.6. The number of cyclic esters (lactones) is 1. The van der Waals surface area contributed by atoms with Gasteiger partial charge in [0, 0.05) is 39.2 Å². The van der Waals surface area contributed by atoms with E-state index in [0.717, 1.165) is 17.3 Å².